The molecule has 21 heavy (non-hydrogen) atoms. The quantitative estimate of drug-likeness (QED) is 0.724. The summed E-state index contributed by atoms with van der Waals surface area (Å²) in [6, 6.07) is 5.36. The van der Waals surface area contributed by atoms with Crippen LogP contribution in [0.4, 0.5) is 4.39 Å². The van der Waals surface area contributed by atoms with E-state index in [2.05, 4.69) is 26.1 Å². The molecule has 1 saturated carbocycles. The highest BCUT2D eigenvalue weighted by atomic mass is 19.1. The van der Waals surface area contributed by atoms with Crippen molar-refractivity contribution >= 4 is 0 Å². The van der Waals surface area contributed by atoms with Crippen molar-refractivity contribution in [3.8, 4) is 0 Å². The summed E-state index contributed by atoms with van der Waals surface area (Å²) >= 11 is 0. The Kier molecular flexibility index (Phi) is 6.22. The van der Waals surface area contributed by atoms with Crippen molar-refractivity contribution < 1.29 is 4.39 Å². The van der Waals surface area contributed by atoms with Crippen LogP contribution >= 0.6 is 0 Å². The van der Waals surface area contributed by atoms with Gasteiger partial charge in [-0.15, -0.1) is 0 Å². The molecule has 1 aromatic rings. The summed E-state index contributed by atoms with van der Waals surface area (Å²) in [6.07, 6.45) is 6.38. The Bertz CT molecular complexity index is 441. The van der Waals surface area contributed by atoms with Gasteiger partial charge < -0.3 is 5.32 Å². The van der Waals surface area contributed by atoms with Crippen molar-refractivity contribution in [1.82, 2.24) is 5.32 Å². The van der Waals surface area contributed by atoms with Crippen molar-refractivity contribution in [2.75, 3.05) is 13.1 Å². The summed E-state index contributed by atoms with van der Waals surface area (Å²) in [5.74, 6) is 2.01. The lowest BCUT2D eigenvalue weighted by Gasteiger charge is -2.37. The van der Waals surface area contributed by atoms with Crippen LogP contribution in [0, 0.1) is 24.6 Å². The third-order valence-electron chi connectivity index (χ3n) is 5.14. The number of rotatable bonds is 6. The number of aryl methyl sites for hydroxylation is 1. The molecule has 0 aliphatic heterocycles. The van der Waals surface area contributed by atoms with Crippen LogP contribution < -0.4 is 5.32 Å². The first kappa shape index (κ1) is 16.5. The maximum absolute atomic E-state index is 13.4. The number of nitrogens with one attached hydrogen (secondary N) is 1. The molecule has 1 nitrogen and oxygen atoms in total. The fourth-order valence-corrected chi connectivity index (χ4v) is 3.84. The molecule has 118 valence electrons. The zero-order valence-electron chi connectivity index (χ0n) is 13.8. The Balaban J connectivity index is 2.15. The minimum atomic E-state index is -0.111. The predicted molar refractivity (Wildman–Crippen MR) is 88.2 cm³/mol. The molecule has 1 aliphatic carbocycles. The first-order valence-electron chi connectivity index (χ1n) is 8.62. The summed E-state index contributed by atoms with van der Waals surface area (Å²) in [6.45, 7) is 8.77. The highest BCUT2D eigenvalue weighted by Crippen LogP contribution is 2.42. The van der Waals surface area contributed by atoms with Crippen LogP contribution in [0.3, 0.4) is 0 Å². The predicted octanol–water partition coefficient (Wildman–Crippen LogP) is 5.04. The first-order valence-corrected chi connectivity index (χ1v) is 8.62. The van der Waals surface area contributed by atoms with Gasteiger partial charge in [0.1, 0.15) is 5.82 Å². The lowest BCUT2D eigenvalue weighted by atomic mass is 9.69. The lowest BCUT2D eigenvalue weighted by Crippen LogP contribution is -2.32. The molecule has 2 rings (SSSR count). The fraction of sp³-hybridized carbons (Fsp3) is 0.684. The van der Waals surface area contributed by atoms with E-state index in [1.54, 1.807) is 12.1 Å². The maximum atomic E-state index is 13.4. The van der Waals surface area contributed by atoms with Crippen LogP contribution in [0.15, 0.2) is 18.2 Å². The van der Waals surface area contributed by atoms with Crippen molar-refractivity contribution in [2.24, 2.45) is 11.8 Å². The van der Waals surface area contributed by atoms with E-state index in [-0.39, 0.29) is 5.82 Å². The molecule has 2 heteroatoms. The van der Waals surface area contributed by atoms with Gasteiger partial charge in [-0.25, -0.2) is 4.39 Å². The summed E-state index contributed by atoms with van der Waals surface area (Å²) in [5.41, 5.74) is 2.50. The molecule has 3 unspecified atom stereocenters. The summed E-state index contributed by atoms with van der Waals surface area (Å²) in [4.78, 5) is 0. The van der Waals surface area contributed by atoms with Crippen molar-refractivity contribution in [1.29, 1.82) is 0 Å². The van der Waals surface area contributed by atoms with Crippen LogP contribution in [-0.2, 0) is 0 Å². The van der Waals surface area contributed by atoms with E-state index in [1.165, 1.54) is 37.7 Å². The van der Waals surface area contributed by atoms with Crippen LogP contribution in [0.5, 0.6) is 0 Å². The number of benzene rings is 1. The van der Waals surface area contributed by atoms with E-state index >= 15 is 0 Å². The Labute approximate surface area is 129 Å². The van der Waals surface area contributed by atoms with Gasteiger partial charge in [0.2, 0.25) is 0 Å². The summed E-state index contributed by atoms with van der Waals surface area (Å²) < 4.78 is 13.4. The second-order valence-electron chi connectivity index (χ2n) is 6.66. The summed E-state index contributed by atoms with van der Waals surface area (Å²) in [7, 11) is 0. The fourth-order valence-electron chi connectivity index (χ4n) is 3.84. The highest BCUT2D eigenvalue weighted by molar-refractivity contribution is 5.31. The minimum Gasteiger partial charge on any atom is -0.316 e. The first-order chi connectivity index (χ1) is 10.2. The Morgan fingerprint density at radius 3 is 2.71 bits per heavy atom. The van der Waals surface area contributed by atoms with Gasteiger partial charge in [-0.3, -0.25) is 0 Å². The number of halogens is 1. The highest BCUT2D eigenvalue weighted by Gasteiger charge is 2.31. The van der Waals surface area contributed by atoms with E-state index in [4.69, 9.17) is 0 Å². The van der Waals surface area contributed by atoms with Gasteiger partial charge in [0, 0.05) is 0 Å². The van der Waals surface area contributed by atoms with Gasteiger partial charge in [0.15, 0.2) is 0 Å². The Hall–Kier alpha value is -0.890. The van der Waals surface area contributed by atoms with Gasteiger partial charge in [-0.1, -0.05) is 32.8 Å². The molecule has 0 radical (unpaired) electrons. The minimum absolute atomic E-state index is 0.111. The second kappa shape index (κ2) is 7.93. The third kappa shape index (κ3) is 4.29. The van der Waals surface area contributed by atoms with Crippen LogP contribution in [-0.4, -0.2) is 13.1 Å². The molecular formula is C19H30FN. The molecule has 3 atom stereocenters. The normalized spacial score (nSPS) is 26.0. The molecule has 0 aromatic heterocycles. The SMILES string of the molecule is CCCNCC1CCC(CC)CC1c1ccc(F)cc1C. The number of hydrogen-bond acceptors (Lipinski definition) is 1. The van der Waals surface area contributed by atoms with Gasteiger partial charge >= 0.3 is 0 Å². The second-order valence-corrected chi connectivity index (χ2v) is 6.66. The standard InChI is InChI=1S/C19H30FN/c1-4-10-21-13-16-7-6-15(5-2)12-19(16)18-9-8-17(20)11-14(18)3/h8-9,11,15-16,19,21H,4-7,10,12-13H2,1-3H3. The zero-order valence-corrected chi connectivity index (χ0v) is 13.8. The van der Waals surface area contributed by atoms with Gasteiger partial charge in [-0.05, 0) is 80.3 Å². The Morgan fingerprint density at radius 1 is 1.24 bits per heavy atom. The van der Waals surface area contributed by atoms with E-state index in [0.29, 0.717) is 11.8 Å². The molecular weight excluding hydrogens is 261 g/mol. The molecule has 0 saturated heterocycles. The molecule has 0 bridgehead atoms. The average Bonchev–Trinajstić information content (AvgIpc) is 2.48. The average molecular weight is 291 g/mol. The van der Waals surface area contributed by atoms with Crippen molar-refractivity contribution in [2.45, 2.75) is 58.8 Å². The zero-order chi connectivity index (χ0) is 15.2. The van der Waals surface area contributed by atoms with Crippen LogP contribution in [0.2, 0.25) is 0 Å². The van der Waals surface area contributed by atoms with Crippen molar-refractivity contribution in [3.63, 3.8) is 0 Å². The van der Waals surface area contributed by atoms with Gasteiger partial charge in [-0.2, -0.15) is 0 Å². The van der Waals surface area contributed by atoms with Gasteiger partial charge in [0.05, 0.1) is 0 Å². The van der Waals surface area contributed by atoms with E-state index < -0.39 is 0 Å². The smallest absolute Gasteiger partial charge is 0.123 e. The van der Waals surface area contributed by atoms with Gasteiger partial charge in [0.25, 0.3) is 0 Å². The molecule has 1 N–H and O–H groups in total. The molecule has 1 aromatic carbocycles. The number of hydrogen-bond donors (Lipinski definition) is 1. The van der Waals surface area contributed by atoms with E-state index in [1.807, 2.05) is 6.07 Å². The Morgan fingerprint density at radius 2 is 2.05 bits per heavy atom. The molecule has 0 amide bonds. The molecule has 1 aliphatic rings. The molecule has 1 fully saturated rings. The summed E-state index contributed by atoms with van der Waals surface area (Å²) in [5, 5.41) is 3.59. The largest absolute Gasteiger partial charge is 0.316 e. The lowest BCUT2D eigenvalue weighted by molar-refractivity contribution is 0.225. The monoisotopic (exact) mass is 291 g/mol. The molecule has 0 spiro atoms. The molecule has 0 heterocycles. The maximum Gasteiger partial charge on any atom is 0.123 e. The van der Waals surface area contributed by atoms with E-state index in [0.717, 1.165) is 24.6 Å². The van der Waals surface area contributed by atoms with Crippen LogP contribution in [0.25, 0.3) is 0 Å². The van der Waals surface area contributed by atoms with Crippen LogP contribution in [0.1, 0.15) is 63.0 Å². The third-order valence-corrected chi connectivity index (χ3v) is 5.14. The van der Waals surface area contributed by atoms with Crippen molar-refractivity contribution in [3.05, 3.63) is 35.1 Å². The topological polar surface area (TPSA) is 12.0 Å². The van der Waals surface area contributed by atoms with E-state index in [9.17, 15) is 4.39 Å².